The number of phenols is 2. The van der Waals surface area contributed by atoms with Crippen LogP contribution in [0.3, 0.4) is 0 Å². The second-order valence-electron chi connectivity index (χ2n) is 6.50. The number of aromatic hydroxyl groups is 2. The third-order valence-electron chi connectivity index (χ3n) is 3.84. The molecule has 0 aliphatic heterocycles. The van der Waals surface area contributed by atoms with Crippen LogP contribution in [-0.2, 0) is 26.2 Å². The summed E-state index contributed by atoms with van der Waals surface area (Å²) < 4.78 is 0. The van der Waals surface area contributed by atoms with Gasteiger partial charge >= 0.3 is 26.2 Å². The van der Waals surface area contributed by atoms with Gasteiger partial charge in [-0.3, -0.25) is 0 Å². The molecule has 0 saturated heterocycles. The van der Waals surface area contributed by atoms with Crippen LogP contribution >= 0.6 is 0 Å². The summed E-state index contributed by atoms with van der Waals surface area (Å²) in [5.41, 5.74) is 4.05. The first-order chi connectivity index (χ1) is 13.4. The molecule has 4 aromatic rings. The molecule has 0 fully saturated rings. The Labute approximate surface area is 194 Å². The van der Waals surface area contributed by atoms with Gasteiger partial charge in [-0.2, -0.15) is 36.4 Å². The van der Waals surface area contributed by atoms with Crippen LogP contribution in [0.4, 0.5) is 0 Å². The molecule has 150 valence electrons. The second-order valence-corrected chi connectivity index (χ2v) is 6.50. The molecule has 0 spiro atoms. The molecular weight excluding hydrogens is 436 g/mol. The van der Waals surface area contributed by atoms with E-state index in [9.17, 15) is 0 Å². The van der Waals surface area contributed by atoms with Crippen molar-refractivity contribution in [3.63, 3.8) is 0 Å². The van der Waals surface area contributed by atoms with E-state index in [1.165, 1.54) is 0 Å². The van der Waals surface area contributed by atoms with Crippen LogP contribution in [0.5, 0.6) is 11.5 Å². The molecule has 0 amide bonds. The van der Waals surface area contributed by atoms with E-state index >= 15 is 0 Å². The first-order valence-electron chi connectivity index (χ1n) is 9.26. The fraction of sp³-hybridized carbons (Fsp3) is 0.154. The fourth-order valence-corrected chi connectivity index (χ4v) is 2.08. The fourth-order valence-electron chi connectivity index (χ4n) is 2.08. The molecule has 29 heavy (non-hydrogen) atoms. The predicted octanol–water partition coefficient (Wildman–Crippen LogP) is 6.83. The Morgan fingerprint density at radius 3 is 1.03 bits per heavy atom. The van der Waals surface area contributed by atoms with Gasteiger partial charge in [0.1, 0.15) is 11.5 Å². The minimum absolute atomic E-state index is 0. The summed E-state index contributed by atoms with van der Waals surface area (Å²) in [6, 6.07) is 31.3. The van der Waals surface area contributed by atoms with Gasteiger partial charge in [-0.15, -0.1) is 0 Å². The molecule has 0 saturated carbocycles. The minimum Gasteiger partial charge on any atom is -0.508 e. The van der Waals surface area contributed by atoms with Crippen molar-refractivity contribution in [3.05, 3.63) is 119 Å². The topological polar surface area (TPSA) is 40.5 Å². The molecule has 4 rings (SSSR count). The summed E-state index contributed by atoms with van der Waals surface area (Å²) in [7, 11) is 0. The Morgan fingerprint density at radius 1 is 0.552 bits per heavy atom. The Hall–Kier alpha value is -2.38. The zero-order valence-electron chi connectivity index (χ0n) is 17.6. The van der Waals surface area contributed by atoms with Gasteiger partial charge in [0.15, 0.2) is 0 Å². The summed E-state index contributed by atoms with van der Waals surface area (Å²) in [4.78, 5) is 0. The molecule has 0 aliphatic rings. The first-order valence-corrected chi connectivity index (χ1v) is 9.26. The number of aryl methyl sites for hydroxylation is 4. The molecule has 0 aromatic heterocycles. The monoisotopic (exact) mass is 464 g/mol. The standard InChI is InChI=1S/2C8H10O.2C5H5.Zr/c2*1-6-3-4-7(2)8(9)5-6;2*1-2-4-5-3-1;/h2*3-5,9H,1-2H3;2*1-5H;/q;;2*-1;+2. The van der Waals surface area contributed by atoms with Gasteiger partial charge in [-0.25, -0.2) is 24.3 Å². The molecular formula is C26H30O2Zr. The molecule has 2 nitrogen and oxygen atoms in total. The van der Waals surface area contributed by atoms with E-state index in [1.54, 1.807) is 12.1 Å². The van der Waals surface area contributed by atoms with Gasteiger partial charge in [0, 0.05) is 0 Å². The summed E-state index contributed by atoms with van der Waals surface area (Å²) >= 11 is 0. The summed E-state index contributed by atoms with van der Waals surface area (Å²) in [6.45, 7) is 7.68. The Kier molecular flexibility index (Phi) is 14.3. The van der Waals surface area contributed by atoms with E-state index in [-0.39, 0.29) is 26.2 Å². The van der Waals surface area contributed by atoms with Gasteiger partial charge < -0.3 is 10.2 Å². The van der Waals surface area contributed by atoms with Crippen LogP contribution in [-0.4, -0.2) is 10.2 Å². The predicted molar refractivity (Wildman–Crippen MR) is 119 cm³/mol. The van der Waals surface area contributed by atoms with E-state index in [2.05, 4.69) is 0 Å². The summed E-state index contributed by atoms with van der Waals surface area (Å²) in [6.07, 6.45) is 0. The smallest absolute Gasteiger partial charge is 0.508 e. The molecule has 3 heteroatoms. The summed E-state index contributed by atoms with van der Waals surface area (Å²) in [5.74, 6) is 0.769. The maximum absolute atomic E-state index is 9.10. The van der Waals surface area contributed by atoms with Crippen LogP contribution < -0.4 is 0 Å². The maximum Gasteiger partial charge on any atom is 2.00 e. The summed E-state index contributed by atoms with van der Waals surface area (Å²) in [5, 5.41) is 18.2. The van der Waals surface area contributed by atoms with Crippen LogP contribution in [0.25, 0.3) is 0 Å². The van der Waals surface area contributed by atoms with Gasteiger partial charge in [0.05, 0.1) is 0 Å². The number of rotatable bonds is 0. The number of hydrogen-bond acceptors (Lipinski definition) is 2. The van der Waals surface area contributed by atoms with Gasteiger partial charge in [0.25, 0.3) is 0 Å². The van der Waals surface area contributed by atoms with E-state index in [4.69, 9.17) is 10.2 Å². The van der Waals surface area contributed by atoms with Crippen molar-refractivity contribution in [3.8, 4) is 11.5 Å². The Morgan fingerprint density at radius 2 is 0.862 bits per heavy atom. The van der Waals surface area contributed by atoms with Crippen LogP contribution in [0, 0.1) is 27.7 Å². The molecule has 0 unspecified atom stereocenters. The van der Waals surface area contributed by atoms with Gasteiger partial charge in [-0.05, 0) is 62.1 Å². The molecule has 2 N–H and O–H groups in total. The van der Waals surface area contributed by atoms with Crippen molar-refractivity contribution in [1.29, 1.82) is 0 Å². The molecule has 0 bridgehead atoms. The molecule has 0 aliphatic carbocycles. The number of hydrogen-bond donors (Lipinski definition) is 2. The van der Waals surface area contributed by atoms with Crippen molar-refractivity contribution in [2.45, 2.75) is 27.7 Å². The van der Waals surface area contributed by atoms with Crippen LogP contribution in [0.15, 0.2) is 97.1 Å². The maximum atomic E-state index is 9.10. The quantitative estimate of drug-likeness (QED) is 0.280. The largest absolute Gasteiger partial charge is 2.00 e. The third kappa shape index (κ3) is 12.6. The van der Waals surface area contributed by atoms with E-state index in [1.807, 2.05) is 113 Å². The Bertz CT molecular complexity index is 769. The van der Waals surface area contributed by atoms with Crippen molar-refractivity contribution < 1.29 is 36.4 Å². The molecule has 4 aromatic carbocycles. The van der Waals surface area contributed by atoms with E-state index < -0.39 is 0 Å². The molecule has 0 atom stereocenters. The average Bonchev–Trinajstić information content (AvgIpc) is 3.41. The van der Waals surface area contributed by atoms with Crippen molar-refractivity contribution >= 4 is 0 Å². The van der Waals surface area contributed by atoms with Gasteiger partial charge in [-0.1, -0.05) is 24.3 Å². The molecule has 0 radical (unpaired) electrons. The number of phenolic OH excluding ortho intramolecular Hbond substituents is 2. The zero-order valence-corrected chi connectivity index (χ0v) is 20.1. The van der Waals surface area contributed by atoms with Crippen LogP contribution in [0.2, 0.25) is 0 Å². The third-order valence-corrected chi connectivity index (χ3v) is 3.84. The zero-order chi connectivity index (χ0) is 20.8. The number of benzene rings is 2. The van der Waals surface area contributed by atoms with Gasteiger partial charge in [0.2, 0.25) is 0 Å². The SMILES string of the molecule is Cc1ccc(C)c(O)c1.Cc1ccc(C)c(O)c1.[Zr+2].c1cc[cH-]c1.c1cc[cH-]c1. The van der Waals surface area contributed by atoms with E-state index in [0.29, 0.717) is 11.5 Å². The van der Waals surface area contributed by atoms with Crippen molar-refractivity contribution in [1.82, 2.24) is 0 Å². The Balaban J connectivity index is 0.000000369. The van der Waals surface area contributed by atoms with Crippen LogP contribution in [0.1, 0.15) is 22.3 Å². The average molecular weight is 466 g/mol. The second kappa shape index (κ2) is 15.5. The normalized spacial score (nSPS) is 8.69. The van der Waals surface area contributed by atoms with Crippen molar-refractivity contribution in [2.24, 2.45) is 0 Å². The first kappa shape index (κ1) is 26.6. The molecule has 0 heterocycles. The van der Waals surface area contributed by atoms with E-state index in [0.717, 1.165) is 22.3 Å². The minimum atomic E-state index is 0. The van der Waals surface area contributed by atoms with Crippen molar-refractivity contribution in [2.75, 3.05) is 0 Å².